The Hall–Kier alpha value is -4.26. The standard InChI is InChI=1S/C26H23N5O2/c32-25(28-16-21-8-4-5-14-27-21)19-7-6-9-20(15-19)30-26(33)23-17-29-31(24(23)18-12-13-18)22-10-2-1-3-11-22/h1-11,14-15,17-18H,12-13,16H2,(H,28,32)(H,30,33). The minimum Gasteiger partial charge on any atom is -0.346 e. The number of hydrogen-bond donors (Lipinski definition) is 2. The number of carbonyl (C=O) groups excluding carboxylic acids is 2. The lowest BCUT2D eigenvalue weighted by Crippen LogP contribution is -2.23. The largest absolute Gasteiger partial charge is 0.346 e. The average Bonchev–Trinajstić information content (AvgIpc) is 3.61. The molecule has 0 radical (unpaired) electrons. The lowest BCUT2D eigenvalue weighted by Gasteiger charge is -2.10. The molecular weight excluding hydrogens is 414 g/mol. The first-order valence-corrected chi connectivity index (χ1v) is 10.9. The molecular formula is C26H23N5O2. The van der Waals surface area contributed by atoms with Crippen molar-refractivity contribution in [3.05, 3.63) is 108 Å². The number of rotatable bonds is 7. The second kappa shape index (κ2) is 9.08. The SMILES string of the molecule is O=C(NCc1ccccn1)c1cccc(NC(=O)c2cnn(-c3ccccc3)c2C2CC2)c1. The molecule has 4 aromatic rings. The number of carbonyl (C=O) groups is 2. The Morgan fingerprint density at radius 3 is 2.52 bits per heavy atom. The van der Waals surface area contributed by atoms with Crippen LogP contribution in [0.5, 0.6) is 0 Å². The number of aromatic nitrogens is 3. The molecule has 0 aliphatic heterocycles. The van der Waals surface area contributed by atoms with Crippen LogP contribution in [0.4, 0.5) is 5.69 Å². The van der Waals surface area contributed by atoms with Gasteiger partial charge in [0.1, 0.15) is 0 Å². The van der Waals surface area contributed by atoms with Gasteiger partial charge < -0.3 is 10.6 Å². The second-order valence-electron chi connectivity index (χ2n) is 8.00. The zero-order valence-electron chi connectivity index (χ0n) is 17.9. The van der Waals surface area contributed by atoms with Gasteiger partial charge in [0, 0.05) is 23.4 Å². The molecule has 5 rings (SSSR count). The molecule has 7 heteroatoms. The fourth-order valence-electron chi connectivity index (χ4n) is 3.77. The van der Waals surface area contributed by atoms with Crippen molar-refractivity contribution in [2.45, 2.75) is 25.3 Å². The monoisotopic (exact) mass is 437 g/mol. The zero-order valence-corrected chi connectivity index (χ0v) is 17.9. The van der Waals surface area contributed by atoms with Gasteiger partial charge in [-0.25, -0.2) is 4.68 Å². The number of anilines is 1. The van der Waals surface area contributed by atoms with Gasteiger partial charge in [-0.05, 0) is 55.3 Å². The van der Waals surface area contributed by atoms with Crippen LogP contribution in [0.25, 0.3) is 5.69 Å². The van der Waals surface area contributed by atoms with Crippen molar-refractivity contribution < 1.29 is 9.59 Å². The number of nitrogens with zero attached hydrogens (tertiary/aromatic N) is 3. The summed E-state index contributed by atoms with van der Waals surface area (Å²) in [5.74, 6) is -0.130. The van der Waals surface area contributed by atoms with Gasteiger partial charge in [-0.3, -0.25) is 14.6 Å². The van der Waals surface area contributed by atoms with E-state index in [4.69, 9.17) is 0 Å². The molecule has 1 aliphatic rings. The predicted octanol–water partition coefficient (Wildman–Crippen LogP) is 4.33. The van der Waals surface area contributed by atoms with Crippen LogP contribution in [0, 0.1) is 0 Å². The Kier molecular flexibility index (Phi) is 5.68. The zero-order chi connectivity index (χ0) is 22.6. The van der Waals surface area contributed by atoms with Crippen LogP contribution in [-0.2, 0) is 6.54 Å². The molecule has 2 aromatic heterocycles. The maximum absolute atomic E-state index is 13.1. The molecule has 0 saturated heterocycles. The Labute approximate surface area is 191 Å². The number of para-hydroxylation sites is 1. The van der Waals surface area contributed by atoms with Crippen molar-refractivity contribution in [3.63, 3.8) is 0 Å². The van der Waals surface area contributed by atoms with E-state index in [9.17, 15) is 9.59 Å². The van der Waals surface area contributed by atoms with Crippen molar-refractivity contribution in [1.82, 2.24) is 20.1 Å². The lowest BCUT2D eigenvalue weighted by atomic mass is 10.1. The van der Waals surface area contributed by atoms with Crippen LogP contribution >= 0.6 is 0 Å². The van der Waals surface area contributed by atoms with Crippen molar-refractivity contribution in [1.29, 1.82) is 0 Å². The molecule has 2 amide bonds. The maximum atomic E-state index is 13.1. The Morgan fingerprint density at radius 2 is 1.76 bits per heavy atom. The summed E-state index contributed by atoms with van der Waals surface area (Å²) in [6.07, 6.45) is 5.41. The van der Waals surface area contributed by atoms with E-state index < -0.39 is 0 Å². The minimum absolute atomic E-state index is 0.229. The number of amides is 2. The summed E-state index contributed by atoms with van der Waals surface area (Å²) >= 11 is 0. The summed E-state index contributed by atoms with van der Waals surface area (Å²) in [4.78, 5) is 29.9. The number of hydrogen-bond acceptors (Lipinski definition) is 4. The molecule has 1 fully saturated rings. The van der Waals surface area contributed by atoms with Crippen molar-refractivity contribution in [2.75, 3.05) is 5.32 Å². The fraction of sp³-hybridized carbons (Fsp3) is 0.154. The van der Waals surface area contributed by atoms with Gasteiger partial charge >= 0.3 is 0 Å². The third-order valence-electron chi connectivity index (χ3n) is 5.55. The smallest absolute Gasteiger partial charge is 0.259 e. The summed E-state index contributed by atoms with van der Waals surface area (Å²) in [5, 5.41) is 10.3. The van der Waals surface area contributed by atoms with Crippen LogP contribution < -0.4 is 10.6 Å². The molecule has 2 aromatic carbocycles. The first-order valence-electron chi connectivity index (χ1n) is 10.9. The van der Waals surface area contributed by atoms with Gasteiger partial charge in [-0.2, -0.15) is 5.10 Å². The van der Waals surface area contributed by atoms with Crippen LogP contribution in [0.1, 0.15) is 50.9 Å². The summed E-state index contributed by atoms with van der Waals surface area (Å²) in [5.41, 5.74) is 4.23. The molecule has 0 unspecified atom stereocenters. The van der Waals surface area contributed by atoms with Crippen LogP contribution in [-0.4, -0.2) is 26.6 Å². The Bertz CT molecular complexity index is 1280. The highest BCUT2D eigenvalue weighted by Gasteiger charge is 2.33. The molecule has 0 bridgehead atoms. The molecule has 0 atom stereocenters. The molecule has 7 nitrogen and oxygen atoms in total. The maximum Gasteiger partial charge on any atom is 0.259 e. The van der Waals surface area contributed by atoms with Gasteiger partial charge in [-0.15, -0.1) is 0 Å². The van der Waals surface area contributed by atoms with E-state index >= 15 is 0 Å². The summed E-state index contributed by atoms with van der Waals surface area (Å²) in [7, 11) is 0. The van der Waals surface area contributed by atoms with Crippen molar-refractivity contribution >= 4 is 17.5 Å². The molecule has 2 heterocycles. The highest BCUT2D eigenvalue weighted by atomic mass is 16.2. The second-order valence-corrected chi connectivity index (χ2v) is 8.00. The Morgan fingerprint density at radius 1 is 0.939 bits per heavy atom. The number of nitrogens with one attached hydrogen (secondary N) is 2. The summed E-state index contributed by atoms with van der Waals surface area (Å²) < 4.78 is 1.86. The molecule has 2 N–H and O–H groups in total. The molecule has 1 aliphatic carbocycles. The highest BCUT2D eigenvalue weighted by molar-refractivity contribution is 6.06. The van der Waals surface area contributed by atoms with Gasteiger partial charge in [0.15, 0.2) is 0 Å². The van der Waals surface area contributed by atoms with E-state index in [0.717, 1.165) is 29.9 Å². The van der Waals surface area contributed by atoms with E-state index in [-0.39, 0.29) is 11.8 Å². The van der Waals surface area contributed by atoms with Gasteiger partial charge in [0.05, 0.1) is 35.4 Å². The van der Waals surface area contributed by atoms with Crippen molar-refractivity contribution in [3.8, 4) is 5.69 Å². The van der Waals surface area contributed by atoms with Gasteiger partial charge in [0.2, 0.25) is 0 Å². The van der Waals surface area contributed by atoms with Crippen molar-refractivity contribution in [2.24, 2.45) is 0 Å². The third-order valence-corrected chi connectivity index (χ3v) is 5.55. The van der Waals surface area contributed by atoms with Gasteiger partial charge in [-0.1, -0.05) is 30.3 Å². The van der Waals surface area contributed by atoms with Crippen LogP contribution in [0.15, 0.2) is 85.2 Å². The van der Waals surface area contributed by atoms with Gasteiger partial charge in [0.25, 0.3) is 11.8 Å². The van der Waals surface area contributed by atoms with Crippen LogP contribution in [0.3, 0.4) is 0 Å². The first kappa shape index (κ1) is 20.6. The normalized spacial score (nSPS) is 12.8. The lowest BCUT2D eigenvalue weighted by molar-refractivity contribution is 0.0949. The molecule has 1 saturated carbocycles. The quantitative estimate of drug-likeness (QED) is 0.450. The number of benzene rings is 2. The van der Waals surface area contributed by atoms with E-state index in [1.54, 1.807) is 36.7 Å². The average molecular weight is 438 g/mol. The minimum atomic E-state index is -0.231. The molecule has 0 spiro atoms. The summed E-state index contributed by atoms with van der Waals surface area (Å²) in [6, 6.07) is 22.3. The van der Waals surface area contributed by atoms with E-state index in [2.05, 4.69) is 20.7 Å². The first-order chi connectivity index (χ1) is 16.2. The molecule has 33 heavy (non-hydrogen) atoms. The van der Waals surface area contributed by atoms with E-state index in [0.29, 0.717) is 29.3 Å². The summed E-state index contributed by atoms with van der Waals surface area (Å²) in [6.45, 7) is 0.333. The topological polar surface area (TPSA) is 88.9 Å². The number of pyridine rings is 1. The Balaban J connectivity index is 1.32. The van der Waals surface area contributed by atoms with Crippen LogP contribution in [0.2, 0.25) is 0 Å². The predicted molar refractivity (Wildman–Crippen MR) is 125 cm³/mol. The van der Waals surface area contributed by atoms with E-state index in [1.807, 2.05) is 53.2 Å². The molecule has 164 valence electrons. The van der Waals surface area contributed by atoms with E-state index in [1.165, 1.54) is 0 Å². The highest BCUT2D eigenvalue weighted by Crippen LogP contribution is 2.42. The fourth-order valence-corrected chi connectivity index (χ4v) is 3.77. The third kappa shape index (κ3) is 4.67.